The summed E-state index contributed by atoms with van der Waals surface area (Å²) in [5, 5.41) is 20.9. The van der Waals surface area contributed by atoms with Crippen molar-refractivity contribution in [2.45, 2.75) is 112 Å². The van der Waals surface area contributed by atoms with Crippen LogP contribution in [-0.2, 0) is 28.6 Å². The zero-order valence-electron chi connectivity index (χ0n) is 23.5. The number of aliphatic hydroxyl groups is 2. The molecule has 9 atom stereocenters. The van der Waals surface area contributed by atoms with Gasteiger partial charge in [0.05, 0.1) is 18.1 Å². The first-order valence-electron chi connectivity index (χ1n) is 13.3. The lowest BCUT2D eigenvalue weighted by Crippen LogP contribution is -2.60. The molecule has 2 N–H and O–H groups in total. The Bertz CT molecular complexity index is 978. The highest BCUT2D eigenvalue weighted by Crippen LogP contribution is 2.60. The summed E-state index contributed by atoms with van der Waals surface area (Å²) < 4.78 is 18.1. The molecule has 3 aliphatic rings. The summed E-state index contributed by atoms with van der Waals surface area (Å²) in [6.45, 7) is 18.2. The molecular formula is C29H44O8. The molecule has 0 aromatic heterocycles. The summed E-state index contributed by atoms with van der Waals surface area (Å²) in [4.78, 5) is 37.8. The van der Waals surface area contributed by atoms with E-state index in [1.54, 1.807) is 13.8 Å². The number of esters is 3. The number of carbonyl (C=O) groups is 3. The monoisotopic (exact) mass is 520 g/mol. The number of hydrogen-bond acceptors (Lipinski definition) is 8. The van der Waals surface area contributed by atoms with Crippen LogP contribution in [0.15, 0.2) is 23.3 Å². The molecule has 0 unspecified atom stereocenters. The Morgan fingerprint density at radius 1 is 1.05 bits per heavy atom. The van der Waals surface area contributed by atoms with Gasteiger partial charge >= 0.3 is 17.9 Å². The van der Waals surface area contributed by atoms with Crippen LogP contribution in [0.5, 0.6) is 0 Å². The Hall–Kier alpha value is -2.19. The summed E-state index contributed by atoms with van der Waals surface area (Å²) in [5.74, 6) is -3.08. The molecule has 8 nitrogen and oxygen atoms in total. The number of fused-ring (bicyclic) bond motifs is 3. The van der Waals surface area contributed by atoms with Crippen molar-refractivity contribution in [3.8, 4) is 0 Å². The molecule has 2 bridgehead atoms. The van der Waals surface area contributed by atoms with Crippen LogP contribution in [0.2, 0.25) is 0 Å². The zero-order chi connectivity index (χ0) is 28.0. The van der Waals surface area contributed by atoms with E-state index in [1.807, 2.05) is 20.8 Å². The lowest BCUT2D eigenvalue weighted by molar-refractivity contribution is -0.187. The van der Waals surface area contributed by atoms with Gasteiger partial charge in [0.2, 0.25) is 0 Å². The van der Waals surface area contributed by atoms with Crippen LogP contribution in [0.4, 0.5) is 0 Å². The van der Waals surface area contributed by atoms with Gasteiger partial charge < -0.3 is 24.4 Å². The van der Waals surface area contributed by atoms with Crippen LogP contribution in [0, 0.1) is 28.6 Å². The SMILES string of the molecule is C=C1[C@@H](O)CC[C@@]2(C)C[C@H](OC(C)=O)C3=C(C)C[C@H](OC(=O)[C@H](C)[C@H](C)O)[C@@H]([C@@H](OC(C)=O)[C@H]12)C3(C)C. The third-order valence-electron chi connectivity index (χ3n) is 9.09. The maximum atomic E-state index is 13.1. The molecule has 0 heterocycles. The molecule has 0 saturated heterocycles. The molecule has 0 aromatic carbocycles. The predicted octanol–water partition coefficient (Wildman–Crippen LogP) is 3.88. The van der Waals surface area contributed by atoms with Crippen molar-refractivity contribution in [2.75, 3.05) is 0 Å². The molecule has 2 fully saturated rings. The van der Waals surface area contributed by atoms with Crippen molar-refractivity contribution >= 4 is 17.9 Å². The van der Waals surface area contributed by atoms with Gasteiger partial charge in [-0.2, -0.15) is 0 Å². The van der Waals surface area contributed by atoms with Gasteiger partial charge in [-0.05, 0) is 62.0 Å². The minimum atomic E-state index is -0.886. The van der Waals surface area contributed by atoms with Gasteiger partial charge in [0, 0.05) is 32.1 Å². The van der Waals surface area contributed by atoms with E-state index in [2.05, 4.69) is 13.5 Å². The number of hydrogen-bond donors (Lipinski definition) is 2. The highest BCUT2D eigenvalue weighted by Gasteiger charge is 2.61. The fraction of sp³-hybridized carbons (Fsp3) is 0.759. The van der Waals surface area contributed by atoms with Crippen LogP contribution >= 0.6 is 0 Å². The fourth-order valence-corrected chi connectivity index (χ4v) is 7.28. The molecule has 37 heavy (non-hydrogen) atoms. The van der Waals surface area contributed by atoms with Gasteiger partial charge in [0.25, 0.3) is 0 Å². The lowest BCUT2D eigenvalue weighted by atomic mass is 9.50. The molecule has 0 spiro atoms. The molecule has 0 aliphatic heterocycles. The van der Waals surface area contributed by atoms with Crippen molar-refractivity contribution in [1.82, 2.24) is 0 Å². The highest BCUT2D eigenvalue weighted by molar-refractivity contribution is 5.73. The van der Waals surface area contributed by atoms with Crippen molar-refractivity contribution in [1.29, 1.82) is 0 Å². The van der Waals surface area contributed by atoms with Crippen LogP contribution in [0.25, 0.3) is 0 Å². The second kappa shape index (κ2) is 10.5. The van der Waals surface area contributed by atoms with Gasteiger partial charge in [-0.15, -0.1) is 0 Å². The summed E-state index contributed by atoms with van der Waals surface area (Å²) >= 11 is 0. The second-order valence-electron chi connectivity index (χ2n) is 12.3. The van der Waals surface area contributed by atoms with Crippen molar-refractivity contribution in [2.24, 2.45) is 28.6 Å². The molecular weight excluding hydrogens is 476 g/mol. The zero-order valence-corrected chi connectivity index (χ0v) is 23.5. The average molecular weight is 521 g/mol. The van der Waals surface area contributed by atoms with E-state index in [0.717, 1.165) is 11.1 Å². The number of ether oxygens (including phenoxy) is 3. The van der Waals surface area contributed by atoms with E-state index in [4.69, 9.17) is 14.2 Å². The Labute approximate surface area is 220 Å². The van der Waals surface area contributed by atoms with Crippen molar-refractivity contribution < 1.29 is 38.8 Å². The van der Waals surface area contributed by atoms with Crippen molar-refractivity contribution in [3.63, 3.8) is 0 Å². The normalized spacial score (nSPS) is 36.9. The molecule has 2 saturated carbocycles. The molecule has 3 rings (SSSR count). The third-order valence-corrected chi connectivity index (χ3v) is 9.09. The van der Waals surface area contributed by atoms with Crippen LogP contribution in [0.1, 0.15) is 81.1 Å². The number of rotatable bonds is 5. The fourth-order valence-electron chi connectivity index (χ4n) is 7.28. The van der Waals surface area contributed by atoms with Crippen molar-refractivity contribution in [3.05, 3.63) is 23.3 Å². The Balaban J connectivity index is 2.26. The topological polar surface area (TPSA) is 119 Å². The number of carbonyl (C=O) groups excluding carboxylic acids is 3. The summed E-state index contributed by atoms with van der Waals surface area (Å²) in [6, 6.07) is 0. The molecule has 3 aliphatic carbocycles. The first-order chi connectivity index (χ1) is 17.0. The Morgan fingerprint density at radius 2 is 1.65 bits per heavy atom. The smallest absolute Gasteiger partial charge is 0.311 e. The highest BCUT2D eigenvalue weighted by atomic mass is 16.6. The van der Waals surface area contributed by atoms with E-state index in [-0.39, 0.29) is 5.97 Å². The lowest BCUT2D eigenvalue weighted by Gasteiger charge is -2.58. The van der Waals surface area contributed by atoms with Gasteiger partial charge in [0.15, 0.2) is 0 Å². The molecule has 208 valence electrons. The first-order valence-corrected chi connectivity index (χ1v) is 13.3. The van der Waals surface area contributed by atoms with E-state index < -0.39 is 71.0 Å². The summed E-state index contributed by atoms with van der Waals surface area (Å²) in [5.41, 5.74) is 1.29. The summed E-state index contributed by atoms with van der Waals surface area (Å²) in [7, 11) is 0. The second-order valence-corrected chi connectivity index (χ2v) is 12.3. The van der Waals surface area contributed by atoms with E-state index in [9.17, 15) is 24.6 Å². The predicted molar refractivity (Wildman–Crippen MR) is 137 cm³/mol. The molecule has 0 amide bonds. The summed E-state index contributed by atoms with van der Waals surface area (Å²) in [6.07, 6.45) is -1.58. The quantitative estimate of drug-likeness (QED) is 0.318. The average Bonchev–Trinajstić information content (AvgIpc) is 2.73. The number of aliphatic hydroxyl groups excluding tert-OH is 2. The molecule has 0 radical (unpaired) electrons. The van der Waals surface area contributed by atoms with Gasteiger partial charge in [-0.3, -0.25) is 14.4 Å². The molecule has 0 aromatic rings. The van der Waals surface area contributed by atoms with Gasteiger partial charge in [0.1, 0.15) is 18.3 Å². The van der Waals surface area contributed by atoms with Crippen LogP contribution in [0.3, 0.4) is 0 Å². The van der Waals surface area contributed by atoms with Crippen LogP contribution in [-0.4, -0.2) is 58.6 Å². The van der Waals surface area contributed by atoms with Gasteiger partial charge in [-0.1, -0.05) is 32.9 Å². The van der Waals surface area contributed by atoms with Crippen LogP contribution < -0.4 is 0 Å². The maximum absolute atomic E-state index is 13.1. The Morgan fingerprint density at radius 3 is 2.19 bits per heavy atom. The van der Waals surface area contributed by atoms with E-state index in [1.165, 1.54) is 13.8 Å². The Kier molecular flexibility index (Phi) is 8.35. The van der Waals surface area contributed by atoms with E-state index >= 15 is 0 Å². The largest absolute Gasteiger partial charge is 0.461 e. The first kappa shape index (κ1) is 29.4. The van der Waals surface area contributed by atoms with E-state index in [0.29, 0.717) is 31.3 Å². The third kappa shape index (κ3) is 5.51. The standard InChI is InChI=1S/C29H44O8/c1-14-12-21(37-27(34)15(2)17(4)30)25-26(36-19(6)32)24-16(3)20(33)10-11-29(24,9)13-22(35-18(5)31)23(14)28(25,7)8/h15,17,20-22,24-26,30,33H,3,10-13H2,1-2,4-9H3/t15-,17+,20+,21+,22+,24+,25+,26+,29+/m1/s1. The minimum absolute atomic E-state index is 0.371. The maximum Gasteiger partial charge on any atom is 0.311 e. The van der Waals surface area contributed by atoms with Gasteiger partial charge in [-0.25, -0.2) is 0 Å². The minimum Gasteiger partial charge on any atom is -0.461 e. The molecule has 8 heteroatoms.